The molecule has 6 heteroatoms. The number of benzene rings is 1. The van der Waals surface area contributed by atoms with Crippen LogP contribution in [0.5, 0.6) is 0 Å². The van der Waals surface area contributed by atoms with Crippen molar-refractivity contribution >= 4 is 11.5 Å². The van der Waals surface area contributed by atoms with Gasteiger partial charge >= 0.3 is 0 Å². The Balaban J connectivity index is 1.89. The summed E-state index contributed by atoms with van der Waals surface area (Å²) in [5.41, 5.74) is 1.41. The van der Waals surface area contributed by atoms with Gasteiger partial charge in [0, 0.05) is 19.2 Å². The van der Waals surface area contributed by atoms with E-state index in [1.54, 1.807) is 25.4 Å². The highest BCUT2D eigenvalue weighted by Crippen LogP contribution is 2.14. The number of hydrogen-bond acceptors (Lipinski definition) is 3. The maximum Gasteiger partial charge on any atom is 0.244 e. The molecule has 0 fully saturated rings. The van der Waals surface area contributed by atoms with Crippen LogP contribution in [0.1, 0.15) is 18.3 Å². The van der Waals surface area contributed by atoms with Crippen molar-refractivity contribution in [3.63, 3.8) is 0 Å². The topological polar surface area (TPSA) is 59.8 Å². The van der Waals surface area contributed by atoms with Gasteiger partial charge in [-0.05, 0) is 37.1 Å². The monoisotopic (exact) mass is 288 g/mol. The Bertz CT molecular complexity index is 663. The van der Waals surface area contributed by atoms with Gasteiger partial charge < -0.3 is 9.88 Å². The average Bonchev–Trinajstić information content (AvgIpc) is 2.84. The van der Waals surface area contributed by atoms with Gasteiger partial charge in [-0.25, -0.2) is 4.39 Å². The summed E-state index contributed by atoms with van der Waals surface area (Å²) in [5, 5.41) is 10.4. The zero-order chi connectivity index (χ0) is 15.2. The zero-order valence-electron chi connectivity index (χ0n) is 12.0. The summed E-state index contributed by atoms with van der Waals surface area (Å²) in [5.74, 6) is 0.280. The standard InChI is InChI=1S/C15H17FN4O/c1-11(13-4-3-5-14(16)9-13)8-15(21)17-6-7-20-10-18-19-12(20)2/h3-5,8-10H,6-7H2,1-2H3,(H,17,21). The van der Waals surface area contributed by atoms with E-state index < -0.39 is 0 Å². The smallest absolute Gasteiger partial charge is 0.244 e. The number of aryl methyl sites for hydroxylation is 1. The second-order valence-corrected chi connectivity index (χ2v) is 4.70. The SMILES string of the molecule is CC(=CC(=O)NCCn1cnnc1C)c1cccc(F)c1. The summed E-state index contributed by atoms with van der Waals surface area (Å²) >= 11 is 0. The first-order valence-corrected chi connectivity index (χ1v) is 6.63. The lowest BCUT2D eigenvalue weighted by molar-refractivity contribution is -0.116. The van der Waals surface area contributed by atoms with Crippen molar-refractivity contribution in [2.45, 2.75) is 20.4 Å². The molecule has 2 rings (SSSR count). The summed E-state index contributed by atoms with van der Waals surface area (Å²) in [6, 6.07) is 6.16. The Hall–Kier alpha value is -2.50. The number of hydrogen-bond donors (Lipinski definition) is 1. The first-order chi connectivity index (χ1) is 10.1. The second-order valence-electron chi connectivity index (χ2n) is 4.70. The highest BCUT2D eigenvalue weighted by Gasteiger charge is 2.02. The van der Waals surface area contributed by atoms with Crippen LogP contribution in [-0.4, -0.2) is 27.2 Å². The molecule has 0 atom stereocenters. The van der Waals surface area contributed by atoms with Gasteiger partial charge in [0.25, 0.3) is 0 Å². The molecule has 0 bridgehead atoms. The molecule has 1 amide bonds. The first-order valence-electron chi connectivity index (χ1n) is 6.63. The minimum absolute atomic E-state index is 0.206. The number of carbonyl (C=O) groups is 1. The van der Waals surface area contributed by atoms with Crippen LogP contribution in [0.4, 0.5) is 4.39 Å². The molecular formula is C15H17FN4O. The van der Waals surface area contributed by atoms with Gasteiger partial charge in [-0.1, -0.05) is 12.1 Å². The van der Waals surface area contributed by atoms with E-state index in [0.717, 1.165) is 5.82 Å². The minimum atomic E-state index is -0.316. The molecular weight excluding hydrogens is 271 g/mol. The van der Waals surface area contributed by atoms with Crippen LogP contribution in [0.15, 0.2) is 36.7 Å². The normalized spacial score (nSPS) is 11.5. The third kappa shape index (κ3) is 4.24. The Morgan fingerprint density at radius 1 is 1.48 bits per heavy atom. The Morgan fingerprint density at radius 3 is 2.95 bits per heavy atom. The molecule has 0 saturated heterocycles. The molecule has 1 aromatic heterocycles. The second kappa shape index (κ2) is 6.78. The predicted molar refractivity (Wildman–Crippen MR) is 77.8 cm³/mol. The summed E-state index contributed by atoms with van der Waals surface area (Å²) in [4.78, 5) is 11.8. The van der Waals surface area contributed by atoms with E-state index in [2.05, 4.69) is 15.5 Å². The van der Waals surface area contributed by atoms with Gasteiger partial charge in [0.05, 0.1) is 0 Å². The van der Waals surface area contributed by atoms with Crippen molar-refractivity contribution in [1.29, 1.82) is 0 Å². The van der Waals surface area contributed by atoms with Gasteiger partial charge in [0.15, 0.2) is 0 Å². The third-order valence-corrected chi connectivity index (χ3v) is 3.09. The average molecular weight is 288 g/mol. The third-order valence-electron chi connectivity index (χ3n) is 3.09. The highest BCUT2D eigenvalue weighted by atomic mass is 19.1. The van der Waals surface area contributed by atoms with E-state index in [0.29, 0.717) is 24.2 Å². The Morgan fingerprint density at radius 2 is 2.29 bits per heavy atom. The molecule has 0 saturated carbocycles. The number of allylic oxidation sites excluding steroid dienone is 1. The predicted octanol–water partition coefficient (Wildman–Crippen LogP) is 1.95. The van der Waals surface area contributed by atoms with Crippen molar-refractivity contribution in [3.05, 3.63) is 53.9 Å². The lowest BCUT2D eigenvalue weighted by Crippen LogP contribution is -2.25. The van der Waals surface area contributed by atoms with Gasteiger partial charge in [0.2, 0.25) is 5.91 Å². The highest BCUT2D eigenvalue weighted by molar-refractivity contribution is 5.94. The Kier molecular flexibility index (Phi) is 4.81. The fourth-order valence-corrected chi connectivity index (χ4v) is 1.90. The van der Waals surface area contributed by atoms with Crippen molar-refractivity contribution in [2.75, 3.05) is 6.54 Å². The van der Waals surface area contributed by atoms with Crippen molar-refractivity contribution in [1.82, 2.24) is 20.1 Å². The van der Waals surface area contributed by atoms with E-state index in [1.165, 1.54) is 18.2 Å². The summed E-state index contributed by atoms with van der Waals surface area (Å²) in [6.45, 7) is 4.71. The van der Waals surface area contributed by atoms with E-state index >= 15 is 0 Å². The van der Waals surface area contributed by atoms with Crippen LogP contribution in [0.25, 0.3) is 5.57 Å². The summed E-state index contributed by atoms with van der Waals surface area (Å²) < 4.78 is 15.0. The lowest BCUT2D eigenvalue weighted by atomic mass is 10.1. The fraction of sp³-hybridized carbons (Fsp3) is 0.267. The van der Waals surface area contributed by atoms with Crippen molar-refractivity contribution in [3.8, 4) is 0 Å². The van der Waals surface area contributed by atoms with Gasteiger partial charge in [0.1, 0.15) is 18.0 Å². The van der Waals surface area contributed by atoms with Crippen LogP contribution in [0, 0.1) is 12.7 Å². The molecule has 110 valence electrons. The van der Waals surface area contributed by atoms with E-state index in [9.17, 15) is 9.18 Å². The molecule has 1 N–H and O–H groups in total. The van der Waals surface area contributed by atoms with E-state index in [-0.39, 0.29) is 11.7 Å². The van der Waals surface area contributed by atoms with Crippen LogP contribution < -0.4 is 5.32 Å². The number of carbonyl (C=O) groups excluding carboxylic acids is 1. The van der Waals surface area contributed by atoms with E-state index in [4.69, 9.17) is 0 Å². The molecule has 5 nitrogen and oxygen atoms in total. The number of aromatic nitrogens is 3. The zero-order valence-corrected chi connectivity index (χ0v) is 12.0. The summed E-state index contributed by atoms with van der Waals surface area (Å²) in [7, 11) is 0. The number of nitrogens with zero attached hydrogens (tertiary/aromatic N) is 3. The van der Waals surface area contributed by atoms with Gasteiger partial charge in [-0.2, -0.15) is 0 Å². The molecule has 1 heterocycles. The van der Waals surface area contributed by atoms with Crippen LogP contribution in [0.2, 0.25) is 0 Å². The van der Waals surface area contributed by atoms with Crippen LogP contribution >= 0.6 is 0 Å². The molecule has 2 aromatic rings. The quantitative estimate of drug-likeness (QED) is 0.855. The van der Waals surface area contributed by atoms with Crippen LogP contribution in [-0.2, 0) is 11.3 Å². The molecule has 0 aliphatic carbocycles. The Labute approximate surface area is 122 Å². The summed E-state index contributed by atoms with van der Waals surface area (Å²) in [6.07, 6.45) is 3.09. The number of halogens is 1. The first kappa shape index (κ1) is 14.9. The molecule has 21 heavy (non-hydrogen) atoms. The van der Waals surface area contributed by atoms with Gasteiger partial charge in [-0.3, -0.25) is 4.79 Å². The van der Waals surface area contributed by atoms with Crippen LogP contribution in [0.3, 0.4) is 0 Å². The van der Waals surface area contributed by atoms with Gasteiger partial charge in [-0.15, -0.1) is 10.2 Å². The number of nitrogens with one attached hydrogen (secondary N) is 1. The fourth-order valence-electron chi connectivity index (χ4n) is 1.90. The molecule has 1 aromatic carbocycles. The van der Waals surface area contributed by atoms with Crippen molar-refractivity contribution in [2.24, 2.45) is 0 Å². The molecule has 0 radical (unpaired) electrons. The maximum absolute atomic E-state index is 13.1. The molecule has 0 aliphatic rings. The molecule has 0 aliphatic heterocycles. The largest absolute Gasteiger partial charge is 0.351 e. The van der Waals surface area contributed by atoms with E-state index in [1.807, 2.05) is 11.5 Å². The van der Waals surface area contributed by atoms with Crippen molar-refractivity contribution < 1.29 is 9.18 Å². The number of rotatable bonds is 5. The minimum Gasteiger partial charge on any atom is -0.351 e. The molecule has 0 unspecified atom stereocenters. The molecule has 0 spiro atoms. The lowest BCUT2D eigenvalue weighted by Gasteiger charge is -2.06. The maximum atomic E-state index is 13.1. The number of amides is 1.